The molecule has 0 spiro atoms. The molecule has 0 amide bonds. The maximum Gasteiger partial charge on any atom is 0.344 e. The number of aromatic hydroxyl groups is 1. The summed E-state index contributed by atoms with van der Waals surface area (Å²) in [5.41, 5.74) is 0.335. The highest BCUT2D eigenvalue weighted by Gasteiger charge is 2.26. The molecule has 9 nitrogen and oxygen atoms in total. The molecule has 0 fully saturated rings. The number of hydrogen-bond acceptors (Lipinski definition) is 9. The molecule has 0 saturated heterocycles. The summed E-state index contributed by atoms with van der Waals surface area (Å²) < 4.78 is 32.0. The van der Waals surface area contributed by atoms with Crippen molar-refractivity contribution in [3.63, 3.8) is 0 Å². The number of methoxy groups -OCH3 is 4. The Bertz CT molecular complexity index is 1540. The number of benzene rings is 3. The number of esters is 1. The van der Waals surface area contributed by atoms with Crippen molar-refractivity contribution in [3.8, 4) is 17.2 Å². The van der Waals surface area contributed by atoms with E-state index in [0.717, 1.165) is 0 Å². The number of carbonyl (C=O) groups is 1. The van der Waals surface area contributed by atoms with E-state index < -0.39 is 11.6 Å². The number of phenolic OH excluding ortho intramolecular Hbond substituents is 1. The van der Waals surface area contributed by atoms with Crippen LogP contribution in [0.2, 0.25) is 5.02 Å². The van der Waals surface area contributed by atoms with Gasteiger partial charge in [0.15, 0.2) is 5.58 Å². The highest BCUT2D eigenvalue weighted by atomic mass is 35.5. The van der Waals surface area contributed by atoms with Crippen LogP contribution >= 0.6 is 11.6 Å². The van der Waals surface area contributed by atoms with Crippen LogP contribution < -0.4 is 15.1 Å². The van der Waals surface area contributed by atoms with Crippen molar-refractivity contribution < 1.29 is 38.0 Å². The minimum absolute atomic E-state index is 0.00639. The normalized spacial score (nSPS) is 11.4. The number of phenols is 1. The summed E-state index contributed by atoms with van der Waals surface area (Å²) in [5.74, 6) is -0.438. The molecule has 0 aliphatic carbocycles. The van der Waals surface area contributed by atoms with Gasteiger partial charge in [0.05, 0.1) is 43.7 Å². The minimum atomic E-state index is -0.773. The van der Waals surface area contributed by atoms with E-state index in [4.69, 9.17) is 39.7 Å². The first-order valence-electron chi connectivity index (χ1n) is 10.4. The molecule has 0 saturated carbocycles. The maximum atomic E-state index is 13.2. The van der Waals surface area contributed by atoms with Gasteiger partial charge in [0.1, 0.15) is 29.6 Å². The number of rotatable bonds is 7. The second-order valence-corrected chi connectivity index (χ2v) is 8.14. The summed E-state index contributed by atoms with van der Waals surface area (Å²) in [6.07, 6.45) is 0. The number of ether oxygens (including phenoxy) is 5. The van der Waals surface area contributed by atoms with Crippen LogP contribution in [0.1, 0.15) is 21.5 Å². The third kappa shape index (κ3) is 3.91. The van der Waals surface area contributed by atoms with E-state index >= 15 is 0 Å². The van der Waals surface area contributed by atoms with Gasteiger partial charge in [0.25, 0.3) is 0 Å². The number of hydrogen-bond donors (Lipinski definition) is 1. The van der Waals surface area contributed by atoms with Gasteiger partial charge in [-0.05, 0) is 24.1 Å². The molecule has 0 bridgehead atoms. The van der Waals surface area contributed by atoms with E-state index in [1.807, 2.05) is 0 Å². The smallest absolute Gasteiger partial charge is 0.344 e. The minimum Gasteiger partial charge on any atom is -0.506 e. The molecule has 1 N–H and O–H groups in total. The van der Waals surface area contributed by atoms with Crippen LogP contribution in [0.15, 0.2) is 27.4 Å². The Balaban J connectivity index is 2.29. The molecule has 0 radical (unpaired) electrons. The molecular formula is C25H23ClO9. The van der Waals surface area contributed by atoms with Gasteiger partial charge in [-0.1, -0.05) is 17.7 Å². The molecule has 1 aromatic heterocycles. The van der Waals surface area contributed by atoms with E-state index in [-0.39, 0.29) is 63.0 Å². The first-order chi connectivity index (χ1) is 16.8. The lowest BCUT2D eigenvalue weighted by Gasteiger charge is -2.18. The molecule has 0 unspecified atom stereocenters. The fourth-order valence-corrected chi connectivity index (χ4v) is 4.62. The van der Waals surface area contributed by atoms with E-state index in [1.165, 1.54) is 40.6 Å². The van der Waals surface area contributed by atoms with E-state index in [1.54, 1.807) is 13.0 Å². The number of fused-ring (bicyclic) bond motifs is 4. The molecule has 4 rings (SSSR count). The predicted octanol–water partition coefficient (Wildman–Crippen LogP) is 4.69. The van der Waals surface area contributed by atoms with Gasteiger partial charge in [-0.25, -0.2) is 9.59 Å². The Morgan fingerprint density at radius 2 is 1.77 bits per heavy atom. The van der Waals surface area contributed by atoms with Gasteiger partial charge < -0.3 is 33.2 Å². The average Bonchev–Trinajstić information content (AvgIpc) is 2.83. The van der Waals surface area contributed by atoms with Crippen LogP contribution in [0.3, 0.4) is 0 Å². The van der Waals surface area contributed by atoms with E-state index in [0.29, 0.717) is 21.9 Å². The topological polar surface area (TPSA) is 114 Å². The molecule has 0 aliphatic rings. The first-order valence-corrected chi connectivity index (χ1v) is 10.8. The van der Waals surface area contributed by atoms with Gasteiger partial charge in [-0.2, -0.15) is 0 Å². The van der Waals surface area contributed by atoms with Gasteiger partial charge in [-0.3, -0.25) is 0 Å². The zero-order valence-electron chi connectivity index (χ0n) is 19.7. The zero-order chi connectivity index (χ0) is 25.4. The summed E-state index contributed by atoms with van der Waals surface area (Å²) in [6, 6.07) is 4.74. The van der Waals surface area contributed by atoms with Crippen molar-refractivity contribution in [3.05, 3.63) is 50.3 Å². The van der Waals surface area contributed by atoms with Crippen LogP contribution in [0.25, 0.3) is 32.5 Å². The lowest BCUT2D eigenvalue weighted by Crippen LogP contribution is -2.10. The molecule has 3 aromatic carbocycles. The summed E-state index contributed by atoms with van der Waals surface area (Å²) >= 11 is 6.34. The molecule has 4 aromatic rings. The van der Waals surface area contributed by atoms with E-state index in [9.17, 15) is 14.7 Å². The molecular weight excluding hydrogens is 480 g/mol. The molecule has 1 heterocycles. The highest BCUT2D eigenvalue weighted by Crippen LogP contribution is 2.48. The monoisotopic (exact) mass is 502 g/mol. The van der Waals surface area contributed by atoms with Crippen molar-refractivity contribution in [2.45, 2.75) is 13.5 Å². The summed E-state index contributed by atoms with van der Waals surface area (Å²) in [4.78, 5) is 25.8. The number of halogens is 1. The van der Waals surface area contributed by atoms with Crippen LogP contribution in [0.4, 0.5) is 0 Å². The van der Waals surface area contributed by atoms with Gasteiger partial charge in [-0.15, -0.1) is 0 Å². The van der Waals surface area contributed by atoms with Crippen LogP contribution in [0, 0.1) is 6.92 Å². The third-order valence-electron chi connectivity index (χ3n) is 5.76. The van der Waals surface area contributed by atoms with Crippen molar-refractivity contribution in [2.24, 2.45) is 0 Å². The van der Waals surface area contributed by atoms with Gasteiger partial charge in [0.2, 0.25) is 0 Å². The standard InChI is InChI=1S/C25H23ClO9/c1-11-6-12(9-34-10-30-2)18-20-14(24(28)35-23(18)17(11)25(29)33-5)7-13-19(21(20)27)16(31-3)8-15(26)22(13)32-4/h6-8,27H,9-10H2,1-5H3. The van der Waals surface area contributed by atoms with Crippen LogP contribution in [-0.4, -0.2) is 46.3 Å². The fourth-order valence-electron chi connectivity index (χ4n) is 4.35. The molecule has 35 heavy (non-hydrogen) atoms. The van der Waals surface area contributed by atoms with Crippen molar-refractivity contribution >= 4 is 50.1 Å². The zero-order valence-corrected chi connectivity index (χ0v) is 20.5. The first kappa shape index (κ1) is 24.6. The second kappa shape index (κ2) is 9.61. The second-order valence-electron chi connectivity index (χ2n) is 7.73. The summed E-state index contributed by atoms with van der Waals surface area (Å²) in [7, 11) is 5.57. The Kier molecular flexibility index (Phi) is 6.75. The highest BCUT2D eigenvalue weighted by molar-refractivity contribution is 6.34. The molecule has 0 aliphatic heterocycles. The van der Waals surface area contributed by atoms with Gasteiger partial charge >= 0.3 is 11.6 Å². The molecule has 10 heteroatoms. The average molecular weight is 503 g/mol. The molecule has 184 valence electrons. The van der Waals surface area contributed by atoms with Crippen molar-refractivity contribution in [1.29, 1.82) is 0 Å². The van der Waals surface area contributed by atoms with Crippen LogP contribution in [-0.2, 0) is 20.8 Å². The Morgan fingerprint density at radius 3 is 2.40 bits per heavy atom. The number of carbonyl (C=O) groups excluding carboxylic acids is 1. The van der Waals surface area contributed by atoms with Gasteiger partial charge in [0, 0.05) is 29.3 Å². The largest absolute Gasteiger partial charge is 0.506 e. The summed E-state index contributed by atoms with van der Waals surface area (Å²) in [6.45, 7) is 1.74. The summed E-state index contributed by atoms with van der Waals surface area (Å²) in [5, 5.41) is 13.0. The predicted molar refractivity (Wildman–Crippen MR) is 130 cm³/mol. The molecule has 0 atom stereocenters. The van der Waals surface area contributed by atoms with Crippen molar-refractivity contribution in [1.82, 2.24) is 0 Å². The van der Waals surface area contributed by atoms with E-state index in [2.05, 4.69) is 0 Å². The third-order valence-corrected chi connectivity index (χ3v) is 6.04. The quantitative estimate of drug-likeness (QED) is 0.0959. The van der Waals surface area contributed by atoms with Crippen molar-refractivity contribution in [2.75, 3.05) is 35.2 Å². The lowest BCUT2D eigenvalue weighted by atomic mass is 9.93. The number of aryl methyl sites for hydroxylation is 1. The SMILES string of the molecule is COCOCc1cc(C)c(C(=O)OC)c2oc(=O)c3cc4c(OC)c(Cl)cc(OC)c4c(O)c3c12. The lowest BCUT2D eigenvalue weighted by molar-refractivity contribution is -0.0387. The Hall–Kier alpha value is -3.53. The van der Waals surface area contributed by atoms with Crippen LogP contribution in [0.5, 0.6) is 17.2 Å². The Morgan fingerprint density at radius 1 is 1.03 bits per heavy atom. The Labute approximate surface area is 204 Å². The maximum absolute atomic E-state index is 13.2. The fraction of sp³-hybridized carbons (Fsp3) is 0.280.